The first-order chi connectivity index (χ1) is 10.9. The van der Waals surface area contributed by atoms with Gasteiger partial charge in [-0.05, 0) is 46.3 Å². The Morgan fingerprint density at radius 2 is 1.96 bits per heavy atom. The molecule has 0 amide bonds. The van der Waals surface area contributed by atoms with E-state index in [1.165, 1.54) is 0 Å². The van der Waals surface area contributed by atoms with Crippen molar-refractivity contribution in [3.8, 4) is 10.6 Å². The average Bonchev–Trinajstić information content (AvgIpc) is 2.86. The summed E-state index contributed by atoms with van der Waals surface area (Å²) in [6, 6.07) is 1.92. The van der Waals surface area contributed by atoms with Gasteiger partial charge in [-0.3, -0.25) is 0 Å². The van der Waals surface area contributed by atoms with Gasteiger partial charge in [-0.2, -0.15) is 0 Å². The highest BCUT2D eigenvalue weighted by molar-refractivity contribution is 7.15. The second-order valence-electron chi connectivity index (χ2n) is 5.44. The molecule has 4 nitrogen and oxygen atoms in total. The summed E-state index contributed by atoms with van der Waals surface area (Å²) in [7, 11) is 0. The van der Waals surface area contributed by atoms with E-state index in [0.717, 1.165) is 38.1 Å². The van der Waals surface area contributed by atoms with Crippen LogP contribution >= 0.6 is 11.3 Å². The summed E-state index contributed by atoms with van der Waals surface area (Å²) in [6.45, 7) is 13.9. The first-order valence-electron chi connectivity index (χ1n) is 7.43. The second-order valence-corrected chi connectivity index (χ2v) is 6.64. The van der Waals surface area contributed by atoms with Crippen molar-refractivity contribution >= 4 is 17.3 Å². The number of aryl methyl sites for hydroxylation is 2. The zero-order valence-corrected chi connectivity index (χ0v) is 15.1. The molecule has 120 valence electrons. The maximum atomic E-state index is 4.61. The lowest BCUT2D eigenvalue weighted by Gasteiger charge is -2.08. The molecular formula is C18H22N4S. The Kier molecular flexibility index (Phi) is 5.45. The molecule has 0 unspecified atom stereocenters. The molecule has 0 atom stereocenters. The van der Waals surface area contributed by atoms with E-state index in [1.54, 1.807) is 17.5 Å². The molecule has 0 aliphatic heterocycles. The van der Waals surface area contributed by atoms with Crippen LogP contribution in [-0.2, 0) is 0 Å². The fraction of sp³-hybridized carbons (Fsp3) is 0.278. The zero-order chi connectivity index (χ0) is 17.0. The minimum Gasteiger partial charge on any atom is -0.328 e. The third-order valence-corrected chi connectivity index (χ3v) is 4.54. The number of nitrogens with one attached hydrogen (secondary N) is 1. The Morgan fingerprint density at radius 1 is 1.22 bits per heavy atom. The Hall–Kier alpha value is -2.27. The summed E-state index contributed by atoms with van der Waals surface area (Å²) < 4.78 is 0. The Labute approximate surface area is 141 Å². The van der Waals surface area contributed by atoms with Gasteiger partial charge in [0.1, 0.15) is 0 Å². The van der Waals surface area contributed by atoms with Gasteiger partial charge in [-0.15, -0.1) is 11.3 Å². The van der Waals surface area contributed by atoms with Crippen molar-refractivity contribution in [3.63, 3.8) is 0 Å². The number of rotatable bonds is 5. The van der Waals surface area contributed by atoms with E-state index in [2.05, 4.69) is 39.8 Å². The third-order valence-electron chi connectivity index (χ3n) is 3.45. The predicted molar refractivity (Wildman–Crippen MR) is 98.6 cm³/mol. The number of hydrogen-bond acceptors (Lipinski definition) is 5. The SMILES string of the molecule is C=C/C(C)=C\C(C)=C(/C)Nc1nccc(-c2sc(C)nc2C)n1. The Bertz CT molecular complexity index is 784. The van der Waals surface area contributed by atoms with Crippen LogP contribution in [0.1, 0.15) is 31.5 Å². The molecule has 0 radical (unpaired) electrons. The van der Waals surface area contributed by atoms with Gasteiger partial charge >= 0.3 is 0 Å². The van der Waals surface area contributed by atoms with Gasteiger partial charge in [-0.1, -0.05) is 24.3 Å². The fourth-order valence-electron chi connectivity index (χ4n) is 2.09. The molecule has 0 saturated heterocycles. The summed E-state index contributed by atoms with van der Waals surface area (Å²) in [5.74, 6) is 0.592. The van der Waals surface area contributed by atoms with Gasteiger partial charge in [0.05, 0.1) is 21.3 Å². The van der Waals surface area contributed by atoms with E-state index in [-0.39, 0.29) is 0 Å². The minimum absolute atomic E-state index is 0.592. The van der Waals surface area contributed by atoms with E-state index in [9.17, 15) is 0 Å². The maximum absolute atomic E-state index is 4.61. The molecule has 2 aromatic rings. The van der Waals surface area contributed by atoms with Crippen LogP contribution in [-0.4, -0.2) is 15.0 Å². The first-order valence-corrected chi connectivity index (χ1v) is 8.25. The van der Waals surface area contributed by atoms with Gasteiger partial charge in [0.2, 0.25) is 5.95 Å². The maximum Gasteiger partial charge on any atom is 0.227 e. The molecule has 23 heavy (non-hydrogen) atoms. The summed E-state index contributed by atoms with van der Waals surface area (Å²) >= 11 is 1.65. The van der Waals surface area contributed by atoms with E-state index in [1.807, 2.05) is 39.8 Å². The van der Waals surface area contributed by atoms with Gasteiger partial charge in [0.25, 0.3) is 0 Å². The molecule has 0 aromatic carbocycles. The average molecular weight is 326 g/mol. The Morgan fingerprint density at radius 3 is 2.57 bits per heavy atom. The van der Waals surface area contributed by atoms with Crippen molar-refractivity contribution in [1.82, 2.24) is 15.0 Å². The first kappa shape index (κ1) is 17.1. The fourth-order valence-corrected chi connectivity index (χ4v) is 2.98. The highest BCUT2D eigenvalue weighted by atomic mass is 32.1. The molecule has 0 fully saturated rings. The van der Waals surface area contributed by atoms with Gasteiger partial charge in [-0.25, -0.2) is 15.0 Å². The van der Waals surface area contributed by atoms with Crippen LogP contribution in [0.3, 0.4) is 0 Å². The van der Waals surface area contributed by atoms with Crippen LogP contribution < -0.4 is 5.32 Å². The Balaban J connectivity index is 2.29. The zero-order valence-electron chi connectivity index (χ0n) is 14.3. The summed E-state index contributed by atoms with van der Waals surface area (Å²) in [4.78, 5) is 14.5. The lowest BCUT2D eigenvalue weighted by atomic mass is 10.1. The predicted octanol–water partition coefficient (Wildman–Crippen LogP) is 5.06. The van der Waals surface area contributed by atoms with E-state index >= 15 is 0 Å². The molecule has 5 heteroatoms. The van der Waals surface area contributed by atoms with Crippen molar-refractivity contribution in [1.29, 1.82) is 0 Å². The highest BCUT2D eigenvalue weighted by Gasteiger charge is 2.10. The van der Waals surface area contributed by atoms with Gasteiger partial charge < -0.3 is 5.32 Å². The molecule has 0 bridgehead atoms. The van der Waals surface area contributed by atoms with Gasteiger partial charge in [0, 0.05) is 11.9 Å². The number of allylic oxidation sites excluding steroid dienone is 5. The highest BCUT2D eigenvalue weighted by Crippen LogP contribution is 2.28. The van der Waals surface area contributed by atoms with Gasteiger partial charge in [0.15, 0.2) is 0 Å². The van der Waals surface area contributed by atoms with Crippen molar-refractivity contribution in [2.45, 2.75) is 34.6 Å². The molecule has 2 aromatic heterocycles. The molecule has 1 N–H and O–H groups in total. The quantitative estimate of drug-likeness (QED) is 0.781. The van der Waals surface area contributed by atoms with E-state index < -0.39 is 0 Å². The van der Waals surface area contributed by atoms with Crippen LogP contribution in [0.4, 0.5) is 5.95 Å². The second kappa shape index (κ2) is 7.33. The van der Waals surface area contributed by atoms with Crippen molar-refractivity contribution in [3.05, 3.63) is 58.5 Å². The molecular weight excluding hydrogens is 304 g/mol. The van der Waals surface area contributed by atoms with Crippen LogP contribution in [0.5, 0.6) is 0 Å². The molecule has 2 rings (SSSR count). The summed E-state index contributed by atoms with van der Waals surface area (Å²) in [5.41, 5.74) is 5.16. The number of nitrogens with zero attached hydrogens (tertiary/aromatic N) is 3. The molecule has 0 spiro atoms. The van der Waals surface area contributed by atoms with Crippen LogP contribution in [0.2, 0.25) is 0 Å². The van der Waals surface area contributed by atoms with Crippen molar-refractivity contribution in [2.75, 3.05) is 5.32 Å². The lowest BCUT2D eigenvalue weighted by molar-refractivity contribution is 1.13. The van der Waals surface area contributed by atoms with Crippen LogP contribution in [0, 0.1) is 13.8 Å². The lowest BCUT2D eigenvalue weighted by Crippen LogP contribution is -2.03. The number of hydrogen-bond donors (Lipinski definition) is 1. The topological polar surface area (TPSA) is 50.7 Å². The largest absolute Gasteiger partial charge is 0.328 e. The minimum atomic E-state index is 0.592. The van der Waals surface area contributed by atoms with Crippen LogP contribution in [0.15, 0.2) is 47.8 Å². The van der Waals surface area contributed by atoms with Crippen molar-refractivity contribution in [2.24, 2.45) is 0 Å². The molecule has 0 saturated carbocycles. The molecule has 0 aliphatic carbocycles. The smallest absolute Gasteiger partial charge is 0.227 e. The number of anilines is 1. The number of thiazole rings is 1. The standard InChI is InChI=1S/C18H22N4S/c1-7-11(2)10-12(3)13(4)21-18-19-9-8-16(22-18)17-14(5)20-15(6)23-17/h7-10H,1H2,2-6H3,(H,19,21,22)/b11-10-,13-12+. The number of aromatic nitrogens is 3. The molecule has 0 aliphatic rings. The summed E-state index contributed by atoms with van der Waals surface area (Å²) in [6.07, 6.45) is 5.69. The van der Waals surface area contributed by atoms with E-state index in [0.29, 0.717) is 5.95 Å². The summed E-state index contributed by atoms with van der Waals surface area (Å²) in [5, 5.41) is 4.31. The molecule has 2 heterocycles. The van der Waals surface area contributed by atoms with Crippen LogP contribution in [0.25, 0.3) is 10.6 Å². The monoisotopic (exact) mass is 326 g/mol. The normalized spacial score (nSPS) is 12.8. The third kappa shape index (κ3) is 4.36. The van der Waals surface area contributed by atoms with Crippen molar-refractivity contribution < 1.29 is 0 Å². The van der Waals surface area contributed by atoms with E-state index in [4.69, 9.17) is 0 Å².